The molecule has 1 aromatic rings. The van der Waals surface area contributed by atoms with E-state index in [9.17, 15) is 0 Å². The fourth-order valence-electron chi connectivity index (χ4n) is 2.80. The van der Waals surface area contributed by atoms with Crippen LogP contribution < -0.4 is 10.2 Å². The predicted molar refractivity (Wildman–Crippen MR) is 79.0 cm³/mol. The highest BCUT2D eigenvalue weighted by Crippen LogP contribution is 2.19. The molecule has 0 amide bonds. The number of rotatable bonds is 2. The largest absolute Gasteiger partial charge is 0.369 e. The van der Waals surface area contributed by atoms with Gasteiger partial charge in [0, 0.05) is 38.3 Å². The second-order valence-electron chi connectivity index (χ2n) is 4.98. The summed E-state index contributed by atoms with van der Waals surface area (Å²) < 4.78 is 0. The number of nitrogens with one attached hydrogen (secondary N) is 1. The summed E-state index contributed by atoms with van der Waals surface area (Å²) in [6.45, 7) is 4.45. The Morgan fingerprint density at radius 1 is 1.06 bits per heavy atom. The van der Waals surface area contributed by atoms with Gasteiger partial charge in [0.15, 0.2) is 0 Å². The molecular formula is C14H19N3S. The van der Waals surface area contributed by atoms with E-state index in [0.29, 0.717) is 6.17 Å². The van der Waals surface area contributed by atoms with E-state index < -0.39 is 0 Å². The highest BCUT2D eigenvalue weighted by Gasteiger charge is 2.27. The van der Waals surface area contributed by atoms with E-state index in [1.807, 2.05) is 0 Å². The van der Waals surface area contributed by atoms with E-state index in [-0.39, 0.29) is 0 Å². The Labute approximate surface area is 114 Å². The molecule has 0 aliphatic carbocycles. The summed E-state index contributed by atoms with van der Waals surface area (Å²) in [7, 11) is 0. The maximum absolute atomic E-state index is 5.22. The molecule has 2 fully saturated rings. The fraction of sp³-hybridized carbons (Fsp3) is 0.500. The van der Waals surface area contributed by atoms with Crippen LogP contribution in [0.15, 0.2) is 30.3 Å². The van der Waals surface area contributed by atoms with E-state index in [1.165, 1.54) is 12.1 Å². The fourth-order valence-corrected chi connectivity index (χ4v) is 3.06. The summed E-state index contributed by atoms with van der Waals surface area (Å²) in [6.07, 6.45) is 2.71. The summed E-state index contributed by atoms with van der Waals surface area (Å²) >= 11 is 5.22. The molecule has 0 saturated carbocycles. The molecule has 96 valence electrons. The number of nitrogens with zero attached hydrogens (tertiary/aromatic N) is 2. The van der Waals surface area contributed by atoms with Crippen molar-refractivity contribution in [2.24, 2.45) is 0 Å². The first-order chi connectivity index (χ1) is 8.83. The van der Waals surface area contributed by atoms with Crippen molar-refractivity contribution in [3.05, 3.63) is 30.3 Å². The van der Waals surface area contributed by atoms with Crippen LogP contribution in [0.1, 0.15) is 12.8 Å². The number of hydrogen-bond donors (Lipinski definition) is 1. The lowest BCUT2D eigenvalue weighted by Gasteiger charge is -2.39. The van der Waals surface area contributed by atoms with E-state index in [0.717, 1.165) is 37.6 Å². The zero-order valence-electron chi connectivity index (χ0n) is 10.5. The highest BCUT2D eigenvalue weighted by atomic mass is 32.1. The Hall–Kier alpha value is -1.13. The van der Waals surface area contributed by atoms with Crippen LogP contribution in [0, 0.1) is 0 Å². The lowest BCUT2D eigenvalue weighted by atomic mass is 10.2. The van der Waals surface area contributed by atoms with Crippen molar-refractivity contribution in [1.29, 1.82) is 0 Å². The molecule has 2 saturated heterocycles. The number of anilines is 1. The van der Waals surface area contributed by atoms with Crippen LogP contribution in [0.3, 0.4) is 0 Å². The van der Waals surface area contributed by atoms with Gasteiger partial charge in [-0.3, -0.25) is 4.90 Å². The van der Waals surface area contributed by atoms with E-state index in [2.05, 4.69) is 45.4 Å². The van der Waals surface area contributed by atoms with Crippen molar-refractivity contribution >= 4 is 22.9 Å². The molecule has 2 aliphatic rings. The molecular weight excluding hydrogens is 242 g/mol. The first-order valence-corrected chi connectivity index (χ1v) is 7.07. The van der Waals surface area contributed by atoms with Gasteiger partial charge in [0.1, 0.15) is 0 Å². The van der Waals surface area contributed by atoms with Crippen LogP contribution in [-0.2, 0) is 0 Å². The Bertz CT molecular complexity index is 412. The molecule has 4 heteroatoms. The van der Waals surface area contributed by atoms with Crippen molar-refractivity contribution in [3.8, 4) is 0 Å². The van der Waals surface area contributed by atoms with Crippen LogP contribution >= 0.6 is 12.2 Å². The van der Waals surface area contributed by atoms with Crippen molar-refractivity contribution in [3.63, 3.8) is 0 Å². The Kier molecular flexibility index (Phi) is 3.48. The molecule has 0 aromatic heterocycles. The summed E-state index contributed by atoms with van der Waals surface area (Å²) in [5.74, 6) is 0. The first-order valence-electron chi connectivity index (χ1n) is 6.66. The third kappa shape index (κ3) is 2.49. The molecule has 3 rings (SSSR count). The van der Waals surface area contributed by atoms with Gasteiger partial charge in [-0.15, -0.1) is 0 Å². The van der Waals surface area contributed by atoms with E-state index >= 15 is 0 Å². The van der Waals surface area contributed by atoms with Crippen molar-refractivity contribution in [1.82, 2.24) is 10.2 Å². The average Bonchev–Trinajstić information content (AvgIpc) is 2.87. The summed E-state index contributed by atoms with van der Waals surface area (Å²) in [4.78, 5) is 6.02. The number of para-hydroxylation sites is 1. The molecule has 0 radical (unpaired) electrons. The van der Waals surface area contributed by atoms with Crippen LogP contribution in [0.5, 0.6) is 0 Å². The zero-order chi connectivity index (χ0) is 12.4. The lowest BCUT2D eigenvalue weighted by molar-refractivity contribution is 0.177. The predicted octanol–water partition coefficient (Wildman–Crippen LogP) is 1.85. The van der Waals surface area contributed by atoms with E-state index in [4.69, 9.17) is 12.2 Å². The second kappa shape index (κ2) is 5.24. The zero-order valence-corrected chi connectivity index (χ0v) is 11.3. The third-order valence-corrected chi connectivity index (χ3v) is 4.17. The maximum Gasteiger partial charge on any atom is 0.0802 e. The van der Waals surface area contributed by atoms with Gasteiger partial charge in [0.2, 0.25) is 0 Å². The van der Waals surface area contributed by atoms with Gasteiger partial charge in [0.25, 0.3) is 0 Å². The van der Waals surface area contributed by atoms with Gasteiger partial charge in [-0.2, -0.15) is 0 Å². The van der Waals surface area contributed by atoms with Crippen LogP contribution in [0.25, 0.3) is 0 Å². The topological polar surface area (TPSA) is 18.5 Å². The normalized spacial score (nSPS) is 25.2. The molecule has 0 spiro atoms. The van der Waals surface area contributed by atoms with Gasteiger partial charge >= 0.3 is 0 Å². The Morgan fingerprint density at radius 3 is 2.39 bits per heavy atom. The average molecular weight is 261 g/mol. The molecule has 0 bridgehead atoms. The minimum absolute atomic E-state index is 0.482. The molecule has 1 aromatic carbocycles. The van der Waals surface area contributed by atoms with Crippen LogP contribution in [0.4, 0.5) is 5.69 Å². The molecule has 18 heavy (non-hydrogen) atoms. The van der Waals surface area contributed by atoms with Crippen molar-refractivity contribution in [2.45, 2.75) is 19.0 Å². The number of piperazine rings is 1. The first kappa shape index (κ1) is 11.9. The van der Waals surface area contributed by atoms with Gasteiger partial charge in [-0.1, -0.05) is 30.4 Å². The Morgan fingerprint density at radius 2 is 1.78 bits per heavy atom. The number of benzene rings is 1. The van der Waals surface area contributed by atoms with Gasteiger partial charge in [-0.25, -0.2) is 0 Å². The summed E-state index contributed by atoms with van der Waals surface area (Å²) in [5, 5.41) is 3.42. The maximum atomic E-state index is 5.22. The quantitative estimate of drug-likeness (QED) is 0.819. The van der Waals surface area contributed by atoms with Gasteiger partial charge < -0.3 is 10.2 Å². The molecule has 1 unspecified atom stereocenters. The molecule has 3 nitrogen and oxygen atoms in total. The molecule has 1 atom stereocenters. The molecule has 2 heterocycles. The minimum atomic E-state index is 0.482. The van der Waals surface area contributed by atoms with E-state index in [1.54, 1.807) is 0 Å². The minimum Gasteiger partial charge on any atom is -0.369 e. The Balaban J connectivity index is 1.57. The lowest BCUT2D eigenvalue weighted by Crippen LogP contribution is -2.53. The third-order valence-electron chi connectivity index (χ3n) is 3.85. The van der Waals surface area contributed by atoms with Crippen molar-refractivity contribution in [2.75, 3.05) is 31.1 Å². The van der Waals surface area contributed by atoms with Crippen LogP contribution in [-0.4, -0.2) is 42.2 Å². The summed E-state index contributed by atoms with van der Waals surface area (Å²) in [5.41, 5.74) is 1.34. The molecule has 1 N–H and O–H groups in total. The van der Waals surface area contributed by atoms with Gasteiger partial charge in [0.05, 0.1) is 11.2 Å². The number of hydrogen-bond acceptors (Lipinski definition) is 3. The standard InChI is InChI=1S/C14H19N3S/c18-14-7-6-13(15-14)17-10-8-16(9-11-17)12-4-2-1-3-5-12/h1-5,13H,6-11H2,(H,15,18). The highest BCUT2D eigenvalue weighted by molar-refractivity contribution is 7.80. The smallest absolute Gasteiger partial charge is 0.0802 e. The summed E-state index contributed by atoms with van der Waals surface area (Å²) in [6, 6.07) is 10.7. The van der Waals surface area contributed by atoms with Crippen molar-refractivity contribution < 1.29 is 0 Å². The monoisotopic (exact) mass is 261 g/mol. The van der Waals surface area contributed by atoms with Crippen LogP contribution in [0.2, 0.25) is 0 Å². The SMILES string of the molecule is S=C1CCC(N2CCN(c3ccccc3)CC2)N1. The second-order valence-corrected chi connectivity index (χ2v) is 5.47. The number of thiocarbonyl (C=S) groups is 1. The van der Waals surface area contributed by atoms with Gasteiger partial charge in [-0.05, 0) is 18.6 Å². The molecule has 2 aliphatic heterocycles.